The van der Waals surface area contributed by atoms with Crippen molar-refractivity contribution in [3.05, 3.63) is 29.0 Å². The predicted molar refractivity (Wildman–Crippen MR) is 84.4 cm³/mol. The van der Waals surface area contributed by atoms with Crippen LogP contribution in [-0.4, -0.2) is 53.9 Å². The lowest BCUT2D eigenvalue weighted by molar-refractivity contribution is -0.121. The molecule has 7 heteroatoms. The second kappa shape index (κ2) is 7.87. The number of hydrogen-bond acceptors (Lipinski definition) is 4. The molecule has 0 heterocycles. The number of halogens is 2. The van der Waals surface area contributed by atoms with Crippen molar-refractivity contribution in [1.82, 2.24) is 4.90 Å². The molecule has 0 saturated carbocycles. The van der Waals surface area contributed by atoms with E-state index in [0.717, 1.165) is 6.07 Å². The Bertz CT molecular complexity index is 524. The van der Waals surface area contributed by atoms with Gasteiger partial charge in [-0.25, -0.2) is 4.39 Å². The molecule has 0 aliphatic carbocycles. The number of carbonyl (C=O) groups excluding carboxylic acids is 1. The molecule has 124 valence electrons. The Morgan fingerprint density at radius 1 is 1.45 bits per heavy atom. The van der Waals surface area contributed by atoms with E-state index in [1.165, 1.54) is 12.1 Å². The van der Waals surface area contributed by atoms with E-state index >= 15 is 0 Å². The van der Waals surface area contributed by atoms with Crippen molar-refractivity contribution >= 4 is 23.2 Å². The quantitative estimate of drug-likeness (QED) is 0.711. The molecule has 5 nitrogen and oxygen atoms in total. The molecule has 3 N–H and O–H groups in total. The van der Waals surface area contributed by atoms with Gasteiger partial charge in [-0.1, -0.05) is 18.5 Å². The molecule has 1 atom stereocenters. The minimum absolute atomic E-state index is 0.124. The minimum atomic E-state index is -0.698. The van der Waals surface area contributed by atoms with Crippen molar-refractivity contribution in [2.24, 2.45) is 5.41 Å². The molecule has 0 spiro atoms. The fourth-order valence-corrected chi connectivity index (χ4v) is 2.13. The van der Waals surface area contributed by atoms with Crippen LogP contribution in [0.1, 0.15) is 13.8 Å². The van der Waals surface area contributed by atoms with Crippen LogP contribution in [0, 0.1) is 11.2 Å². The van der Waals surface area contributed by atoms with E-state index < -0.39 is 17.3 Å². The predicted octanol–water partition coefficient (Wildman–Crippen LogP) is 1.73. The highest BCUT2D eigenvalue weighted by Crippen LogP contribution is 2.23. The molecule has 0 aliphatic heterocycles. The highest BCUT2D eigenvalue weighted by atomic mass is 35.5. The van der Waals surface area contributed by atoms with Crippen molar-refractivity contribution in [3.63, 3.8) is 0 Å². The molecule has 0 aromatic heterocycles. The fraction of sp³-hybridized carbons (Fsp3) is 0.533. The highest BCUT2D eigenvalue weighted by molar-refractivity contribution is 6.33. The summed E-state index contributed by atoms with van der Waals surface area (Å²) in [4.78, 5) is 13.9. The van der Waals surface area contributed by atoms with Crippen molar-refractivity contribution in [3.8, 4) is 0 Å². The zero-order chi connectivity index (χ0) is 16.9. The van der Waals surface area contributed by atoms with Crippen LogP contribution in [0.25, 0.3) is 0 Å². The average Bonchev–Trinajstić information content (AvgIpc) is 2.48. The van der Waals surface area contributed by atoms with E-state index in [0.29, 0.717) is 12.2 Å². The SMILES string of the molecule is CC(C(=O)Nc1ccc(F)cc1Cl)N(C)CC(C)(CO)CO. The lowest BCUT2D eigenvalue weighted by Crippen LogP contribution is -2.46. The van der Waals surface area contributed by atoms with Crippen molar-refractivity contribution in [1.29, 1.82) is 0 Å². The molecule has 0 aliphatic rings. The number of aliphatic hydroxyl groups excluding tert-OH is 2. The lowest BCUT2D eigenvalue weighted by atomic mass is 9.92. The second-order valence-electron chi connectivity index (χ2n) is 5.83. The molecule has 0 radical (unpaired) electrons. The first kappa shape index (κ1) is 18.8. The summed E-state index contributed by atoms with van der Waals surface area (Å²) in [5.41, 5.74) is -0.364. The standard InChI is InChI=1S/C15H22ClFN2O3/c1-10(19(3)7-15(2,8-20)9-21)14(22)18-13-5-4-11(17)6-12(13)16/h4-6,10,20-21H,7-9H2,1-3H3,(H,18,22). The van der Waals surface area contributed by atoms with Gasteiger partial charge in [-0.3, -0.25) is 9.69 Å². The van der Waals surface area contributed by atoms with Gasteiger partial charge in [0.2, 0.25) is 5.91 Å². The van der Waals surface area contributed by atoms with Crippen LogP contribution in [0.5, 0.6) is 0 Å². The Labute approximate surface area is 134 Å². The van der Waals surface area contributed by atoms with Crippen LogP contribution in [0.2, 0.25) is 5.02 Å². The average molecular weight is 333 g/mol. The van der Waals surface area contributed by atoms with Crippen LogP contribution in [0.4, 0.5) is 10.1 Å². The van der Waals surface area contributed by atoms with E-state index in [-0.39, 0.29) is 24.1 Å². The number of likely N-dealkylation sites (N-methyl/N-ethyl adjacent to an activating group) is 1. The molecular formula is C15H22ClFN2O3. The number of aliphatic hydroxyl groups is 2. The molecular weight excluding hydrogens is 311 g/mol. The van der Waals surface area contributed by atoms with E-state index in [1.807, 2.05) is 0 Å². The Morgan fingerprint density at radius 2 is 2.05 bits per heavy atom. The van der Waals surface area contributed by atoms with Crippen LogP contribution < -0.4 is 5.32 Å². The van der Waals surface area contributed by atoms with Crippen molar-refractivity contribution in [2.75, 3.05) is 32.1 Å². The normalized spacial score (nSPS) is 13.3. The first-order valence-electron chi connectivity index (χ1n) is 6.90. The number of nitrogens with zero attached hydrogens (tertiary/aromatic N) is 1. The molecule has 0 fully saturated rings. The van der Waals surface area contributed by atoms with Gasteiger partial charge >= 0.3 is 0 Å². The van der Waals surface area contributed by atoms with Crippen LogP contribution in [-0.2, 0) is 4.79 Å². The van der Waals surface area contributed by atoms with Crippen LogP contribution >= 0.6 is 11.6 Å². The highest BCUT2D eigenvalue weighted by Gasteiger charge is 2.28. The maximum absolute atomic E-state index is 13.0. The van der Waals surface area contributed by atoms with Gasteiger partial charge in [-0.15, -0.1) is 0 Å². The third kappa shape index (κ3) is 4.91. The minimum Gasteiger partial charge on any atom is -0.396 e. The fourth-order valence-electron chi connectivity index (χ4n) is 1.92. The zero-order valence-corrected chi connectivity index (χ0v) is 13.7. The molecule has 22 heavy (non-hydrogen) atoms. The molecule has 0 bridgehead atoms. The first-order valence-corrected chi connectivity index (χ1v) is 7.28. The van der Waals surface area contributed by atoms with Gasteiger partial charge in [-0.2, -0.15) is 0 Å². The number of nitrogens with one attached hydrogen (secondary N) is 1. The van der Waals surface area contributed by atoms with Gasteiger partial charge in [-0.05, 0) is 32.2 Å². The number of rotatable bonds is 7. The second-order valence-corrected chi connectivity index (χ2v) is 6.24. The molecule has 0 saturated heterocycles. The molecule has 1 amide bonds. The topological polar surface area (TPSA) is 72.8 Å². The van der Waals surface area contributed by atoms with Crippen molar-refractivity contribution < 1.29 is 19.4 Å². The molecule has 1 aromatic rings. The van der Waals surface area contributed by atoms with E-state index in [1.54, 1.807) is 25.8 Å². The third-order valence-corrected chi connectivity index (χ3v) is 3.94. The van der Waals surface area contributed by atoms with Gasteiger partial charge in [0.1, 0.15) is 5.82 Å². The van der Waals surface area contributed by atoms with Gasteiger partial charge < -0.3 is 15.5 Å². The van der Waals surface area contributed by atoms with Gasteiger partial charge in [0.25, 0.3) is 0 Å². The molecule has 1 rings (SSSR count). The van der Waals surface area contributed by atoms with E-state index in [4.69, 9.17) is 11.6 Å². The summed E-state index contributed by atoms with van der Waals surface area (Å²) in [6.07, 6.45) is 0. The largest absolute Gasteiger partial charge is 0.396 e. The monoisotopic (exact) mass is 332 g/mol. The number of amides is 1. The first-order chi connectivity index (χ1) is 10.2. The number of hydrogen-bond donors (Lipinski definition) is 3. The van der Waals surface area contributed by atoms with E-state index in [9.17, 15) is 19.4 Å². The lowest BCUT2D eigenvalue weighted by Gasteiger charge is -2.33. The summed E-state index contributed by atoms with van der Waals surface area (Å²) in [6.45, 7) is 3.39. The van der Waals surface area contributed by atoms with Gasteiger partial charge in [0.15, 0.2) is 0 Å². The van der Waals surface area contributed by atoms with Crippen LogP contribution in [0.3, 0.4) is 0 Å². The maximum Gasteiger partial charge on any atom is 0.241 e. The number of carbonyl (C=O) groups is 1. The van der Waals surface area contributed by atoms with Gasteiger partial charge in [0, 0.05) is 12.0 Å². The summed E-state index contributed by atoms with van der Waals surface area (Å²) in [5, 5.41) is 21.4. The Kier molecular flexibility index (Phi) is 6.74. The Balaban J connectivity index is 2.72. The number of benzene rings is 1. The molecule has 1 unspecified atom stereocenters. The van der Waals surface area contributed by atoms with Crippen LogP contribution in [0.15, 0.2) is 18.2 Å². The Hall–Kier alpha value is -1.21. The summed E-state index contributed by atoms with van der Waals surface area (Å²) >= 11 is 5.87. The summed E-state index contributed by atoms with van der Waals surface area (Å²) < 4.78 is 13.0. The van der Waals surface area contributed by atoms with E-state index in [2.05, 4.69) is 5.32 Å². The smallest absolute Gasteiger partial charge is 0.241 e. The summed E-state index contributed by atoms with van der Waals surface area (Å²) in [6, 6.07) is 3.22. The number of anilines is 1. The summed E-state index contributed by atoms with van der Waals surface area (Å²) in [5.74, 6) is -0.788. The molecule has 1 aromatic carbocycles. The third-order valence-electron chi connectivity index (χ3n) is 3.62. The van der Waals surface area contributed by atoms with Crippen molar-refractivity contribution in [2.45, 2.75) is 19.9 Å². The zero-order valence-electron chi connectivity index (χ0n) is 12.9. The maximum atomic E-state index is 13.0. The summed E-state index contributed by atoms with van der Waals surface area (Å²) in [7, 11) is 1.72. The Morgan fingerprint density at radius 3 is 2.55 bits per heavy atom. The van der Waals surface area contributed by atoms with Gasteiger partial charge in [0.05, 0.1) is 30.0 Å².